The predicted molar refractivity (Wildman–Crippen MR) is 49.3 cm³/mol. The molecule has 0 unspecified atom stereocenters. The van der Waals surface area contributed by atoms with Crippen molar-refractivity contribution < 1.29 is 0 Å². The summed E-state index contributed by atoms with van der Waals surface area (Å²) < 4.78 is 0. The van der Waals surface area contributed by atoms with Crippen molar-refractivity contribution in [3.05, 3.63) is 0 Å². The summed E-state index contributed by atoms with van der Waals surface area (Å²) in [4.78, 5) is 0. The summed E-state index contributed by atoms with van der Waals surface area (Å²) >= 11 is 0. The van der Waals surface area contributed by atoms with Gasteiger partial charge in [0.15, 0.2) is 0 Å². The van der Waals surface area contributed by atoms with Crippen molar-refractivity contribution in [2.24, 2.45) is 23.5 Å². The molecule has 1 fully saturated rings. The van der Waals surface area contributed by atoms with Gasteiger partial charge in [0, 0.05) is 6.04 Å². The molecule has 1 aliphatic carbocycles. The van der Waals surface area contributed by atoms with E-state index < -0.39 is 0 Å². The minimum Gasteiger partial charge on any atom is -0.327 e. The normalized spacial score (nSPS) is 39.5. The summed E-state index contributed by atoms with van der Waals surface area (Å²) in [5, 5.41) is 0. The van der Waals surface area contributed by atoms with E-state index in [9.17, 15) is 0 Å². The molecule has 11 heavy (non-hydrogen) atoms. The predicted octanol–water partition coefficient (Wildman–Crippen LogP) is 2.41. The number of hydrogen-bond donors (Lipinski definition) is 1. The molecule has 0 saturated heterocycles. The molecule has 1 aliphatic rings. The Kier molecular flexibility index (Phi) is 2.94. The van der Waals surface area contributed by atoms with Gasteiger partial charge in [0.2, 0.25) is 0 Å². The minimum absolute atomic E-state index is 0.469. The van der Waals surface area contributed by atoms with E-state index in [0.717, 1.165) is 17.8 Å². The van der Waals surface area contributed by atoms with Gasteiger partial charge in [-0.25, -0.2) is 0 Å². The van der Waals surface area contributed by atoms with Crippen LogP contribution in [-0.4, -0.2) is 6.04 Å². The zero-order valence-electron chi connectivity index (χ0n) is 8.01. The lowest BCUT2D eigenvalue weighted by Gasteiger charge is -2.33. The zero-order chi connectivity index (χ0) is 8.43. The van der Waals surface area contributed by atoms with Gasteiger partial charge in [0.25, 0.3) is 0 Å². The Balaban J connectivity index is 2.40. The van der Waals surface area contributed by atoms with Crippen molar-refractivity contribution in [2.75, 3.05) is 0 Å². The van der Waals surface area contributed by atoms with Crippen LogP contribution in [0, 0.1) is 17.8 Å². The lowest BCUT2D eigenvalue weighted by Crippen LogP contribution is -2.36. The molecule has 1 nitrogen and oxygen atoms in total. The quantitative estimate of drug-likeness (QED) is 0.618. The summed E-state index contributed by atoms with van der Waals surface area (Å²) in [6.07, 6.45) is 3.98. The Morgan fingerprint density at radius 2 is 1.91 bits per heavy atom. The molecule has 0 aromatic heterocycles. The van der Waals surface area contributed by atoms with Crippen LogP contribution in [0.1, 0.15) is 40.0 Å². The average molecular weight is 155 g/mol. The van der Waals surface area contributed by atoms with Crippen LogP contribution in [-0.2, 0) is 0 Å². The topological polar surface area (TPSA) is 26.0 Å². The van der Waals surface area contributed by atoms with E-state index >= 15 is 0 Å². The van der Waals surface area contributed by atoms with Crippen LogP contribution in [0.5, 0.6) is 0 Å². The molecule has 2 N–H and O–H groups in total. The third-order valence-corrected chi connectivity index (χ3v) is 3.24. The van der Waals surface area contributed by atoms with Crippen LogP contribution < -0.4 is 5.73 Å². The van der Waals surface area contributed by atoms with E-state index in [4.69, 9.17) is 5.73 Å². The van der Waals surface area contributed by atoms with Crippen LogP contribution in [0.25, 0.3) is 0 Å². The first-order valence-corrected chi connectivity index (χ1v) is 4.87. The molecular weight excluding hydrogens is 134 g/mol. The van der Waals surface area contributed by atoms with Crippen molar-refractivity contribution in [3.63, 3.8) is 0 Å². The second-order valence-corrected chi connectivity index (χ2v) is 4.46. The van der Waals surface area contributed by atoms with E-state index in [1.54, 1.807) is 0 Å². The minimum atomic E-state index is 0.469. The SMILES string of the molecule is CC(C)[C@H]1CC[C@@H](C)[C@@H](N)C1. The first-order chi connectivity index (χ1) is 5.11. The summed E-state index contributed by atoms with van der Waals surface area (Å²) in [6, 6.07) is 0.469. The van der Waals surface area contributed by atoms with Crippen molar-refractivity contribution in [1.82, 2.24) is 0 Å². The molecule has 0 aromatic carbocycles. The van der Waals surface area contributed by atoms with Gasteiger partial charge in [0.1, 0.15) is 0 Å². The maximum Gasteiger partial charge on any atom is 0.00672 e. The van der Waals surface area contributed by atoms with Gasteiger partial charge in [-0.15, -0.1) is 0 Å². The van der Waals surface area contributed by atoms with Crippen LogP contribution in [0.4, 0.5) is 0 Å². The summed E-state index contributed by atoms with van der Waals surface area (Å²) in [6.45, 7) is 6.90. The van der Waals surface area contributed by atoms with E-state index in [1.807, 2.05) is 0 Å². The Bertz CT molecular complexity index is 120. The van der Waals surface area contributed by atoms with Crippen molar-refractivity contribution in [1.29, 1.82) is 0 Å². The van der Waals surface area contributed by atoms with E-state index in [2.05, 4.69) is 20.8 Å². The smallest absolute Gasteiger partial charge is 0.00672 e. The number of hydrogen-bond acceptors (Lipinski definition) is 1. The molecule has 0 aromatic rings. The second kappa shape index (κ2) is 3.57. The summed E-state index contributed by atoms with van der Waals surface area (Å²) in [5.41, 5.74) is 6.01. The molecule has 1 saturated carbocycles. The highest BCUT2D eigenvalue weighted by Crippen LogP contribution is 2.32. The number of rotatable bonds is 1. The second-order valence-electron chi connectivity index (χ2n) is 4.46. The zero-order valence-corrected chi connectivity index (χ0v) is 8.01. The Morgan fingerprint density at radius 1 is 1.27 bits per heavy atom. The average Bonchev–Trinajstić information content (AvgIpc) is 1.94. The number of nitrogens with two attached hydrogens (primary N) is 1. The van der Waals surface area contributed by atoms with Gasteiger partial charge in [0.05, 0.1) is 0 Å². The Morgan fingerprint density at radius 3 is 2.36 bits per heavy atom. The van der Waals surface area contributed by atoms with Crippen molar-refractivity contribution in [2.45, 2.75) is 46.1 Å². The third-order valence-electron chi connectivity index (χ3n) is 3.24. The fourth-order valence-electron chi connectivity index (χ4n) is 2.00. The Labute approximate surface area is 70.4 Å². The molecule has 0 radical (unpaired) electrons. The van der Waals surface area contributed by atoms with Crippen LogP contribution in [0.15, 0.2) is 0 Å². The molecule has 0 bridgehead atoms. The summed E-state index contributed by atoms with van der Waals surface area (Å²) in [7, 11) is 0. The lowest BCUT2D eigenvalue weighted by atomic mass is 9.75. The third kappa shape index (κ3) is 2.19. The van der Waals surface area contributed by atoms with Gasteiger partial charge in [-0.3, -0.25) is 0 Å². The van der Waals surface area contributed by atoms with Crippen molar-refractivity contribution in [3.8, 4) is 0 Å². The van der Waals surface area contributed by atoms with Gasteiger partial charge in [-0.1, -0.05) is 20.8 Å². The highest BCUT2D eigenvalue weighted by molar-refractivity contribution is 4.81. The van der Waals surface area contributed by atoms with E-state index in [0.29, 0.717) is 6.04 Å². The van der Waals surface area contributed by atoms with Crippen LogP contribution in [0.2, 0.25) is 0 Å². The maximum absolute atomic E-state index is 6.01. The molecule has 3 atom stereocenters. The van der Waals surface area contributed by atoms with Crippen LogP contribution >= 0.6 is 0 Å². The molecule has 0 spiro atoms. The molecule has 1 heteroatoms. The molecular formula is C10H21N. The van der Waals surface area contributed by atoms with Gasteiger partial charge >= 0.3 is 0 Å². The van der Waals surface area contributed by atoms with E-state index in [-0.39, 0.29) is 0 Å². The molecule has 66 valence electrons. The molecule has 0 aliphatic heterocycles. The first-order valence-electron chi connectivity index (χ1n) is 4.87. The molecule has 0 amide bonds. The van der Waals surface area contributed by atoms with Gasteiger partial charge < -0.3 is 5.73 Å². The van der Waals surface area contributed by atoms with Crippen LogP contribution in [0.3, 0.4) is 0 Å². The van der Waals surface area contributed by atoms with E-state index in [1.165, 1.54) is 19.3 Å². The van der Waals surface area contributed by atoms with Gasteiger partial charge in [-0.2, -0.15) is 0 Å². The van der Waals surface area contributed by atoms with Crippen molar-refractivity contribution >= 4 is 0 Å². The fourth-order valence-corrected chi connectivity index (χ4v) is 2.00. The highest BCUT2D eigenvalue weighted by Gasteiger charge is 2.26. The van der Waals surface area contributed by atoms with Gasteiger partial charge in [-0.05, 0) is 37.0 Å². The molecule has 0 heterocycles. The monoisotopic (exact) mass is 155 g/mol. The lowest BCUT2D eigenvalue weighted by molar-refractivity contribution is 0.206. The fraction of sp³-hybridized carbons (Fsp3) is 1.00. The molecule has 1 rings (SSSR count). The highest BCUT2D eigenvalue weighted by atomic mass is 14.7. The summed E-state index contributed by atoms with van der Waals surface area (Å²) in [5.74, 6) is 2.47. The maximum atomic E-state index is 6.01. The largest absolute Gasteiger partial charge is 0.327 e. The standard InChI is InChI=1S/C10H21N/c1-7(2)9-5-4-8(3)10(11)6-9/h7-10H,4-6,11H2,1-3H3/t8-,9+,10+/m1/s1. The first kappa shape index (κ1) is 9.05. The Hall–Kier alpha value is -0.0400.